The molecule has 438 valence electrons. The highest BCUT2D eigenvalue weighted by atomic mass is 35.5. The quantitative estimate of drug-likeness (QED) is 0.0282. The Balaban J connectivity index is 0.000000236. The Bertz CT molecular complexity index is 2840. The first-order chi connectivity index (χ1) is 38.3. The van der Waals surface area contributed by atoms with E-state index in [2.05, 4.69) is 81.4 Å². The summed E-state index contributed by atoms with van der Waals surface area (Å²) in [6.07, 6.45) is 15.4. The Hall–Kier alpha value is -6.98. The molecule has 0 bridgehead atoms. The van der Waals surface area contributed by atoms with Crippen LogP contribution in [0.3, 0.4) is 0 Å². The number of aromatic hydroxyl groups is 1. The molecule has 2 atom stereocenters. The van der Waals surface area contributed by atoms with Crippen LogP contribution >= 0.6 is 11.6 Å². The number of aliphatic hydroxyl groups is 1. The lowest BCUT2D eigenvalue weighted by Crippen LogP contribution is -2.41. The van der Waals surface area contributed by atoms with Crippen molar-refractivity contribution in [2.24, 2.45) is 0 Å². The fourth-order valence-electron chi connectivity index (χ4n) is 8.92. The maximum atomic E-state index is 12.9. The van der Waals surface area contributed by atoms with Gasteiger partial charge in [-0.25, -0.2) is 9.59 Å². The van der Waals surface area contributed by atoms with E-state index in [0.717, 1.165) is 92.0 Å². The monoisotopic (exact) mass is 1130 g/mol. The Kier molecular flexibility index (Phi) is 23.8. The van der Waals surface area contributed by atoms with Crippen molar-refractivity contribution < 1.29 is 38.8 Å². The second-order valence-corrected chi connectivity index (χ2v) is 21.9. The summed E-state index contributed by atoms with van der Waals surface area (Å²) < 4.78 is 20.0. The van der Waals surface area contributed by atoms with E-state index in [-0.39, 0.29) is 48.2 Å². The van der Waals surface area contributed by atoms with Crippen LogP contribution in [0.1, 0.15) is 142 Å². The number of fused-ring (bicyclic) bond motifs is 2. The van der Waals surface area contributed by atoms with Crippen LogP contribution in [0.2, 0.25) is 0 Å². The molecule has 7 N–H and O–H groups in total. The number of allylic oxidation sites excluding steroid dienone is 2. The SMILES string of the molecule is CCC(CCO)Nc1nc(NCc2cccc(O)c2)n2ncc(C(C)C)c2n1.CCN(CCNC(=O)OC(C)(C)C)C(=O)OC1C=CC=C(CNc2nc(NC3CCOCC3)nc3c(C(C)C)cnn23)C1.O=C(Cl)N1CCCCC1. The number of alkyl carbamates (subject to hydrolysis) is 1. The van der Waals surface area contributed by atoms with Crippen molar-refractivity contribution in [3.63, 3.8) is 0 Å². The van der Waals surface area contributed by atoms with Gasteiger partial charge in [-0.3, -0.25) is 4.79 Å². The number of phenols is 1. The van der Waals surface area contributed by atoms with Gasteiger partial charge in [-0.1, -0.05) is 58.9 Å². The maximum absolute atomic E-state index is 12.9. The second kappa shape index (κ2) is 30.6. The van der Waals surface area contributed by atoms with Gasteiger partial charge in [-0.05, 0) is 125 Å². The number of nitrogens with zero attached hydrogens (tertiary/aromatic N) is 10. The lowest BCUT2D eigenvalue weighted by Gasteiger charge is -2.25. The third-order valence-corrected chi connectivity index (χ3v) is 13.6. The number of nitrogens with one attached hydrogen (secondary N) is 5. The van der Waals surface area contributed by atoms with E-state index in [0.29, 0.717) is 62.8 Å². The highest BCUT2D eigenvalue weighted by Gasteiger charge is 2.24. The van der Waals surface area contributed by atoms with Crippen LogP contribution in [0.4, 0.5) is 38.2 Å². The zero-order valence-corrected chi connectivity index (χ0v) is 48.8. The molecule has 2 unspecified atom stereocenters. The van der Waals surface area contributed by atoms with Gasteiger partial charge in [-0.15, -0.1) is 0 Å². The van der Waals surface area contributed by atoms with E-state index in [9.17, 15) is 24.6 Å². The van der Waals surface area contributed by atoms with Gasteiger partial charge in [0.15, 0.2) is 11.3 Å². The number of phenolic OH excluding ortho intramolecular Hbond substituents is 1. The third kappa shape index (κ3) is 19.1. The van der Waals surface area contributed by atoms with Gasteiger partial charge >= 0.3 is 17.6 Å². The number of hydrogen-bond donors (Lipinski definition) is 7. The summed E-state index contributed by atoms with van der Waals surface area (Å²) in [5, 5.41) is 43.9. The third-order valence-electron chi connectivity index (χ3n) is 13.4. The van der Waals surface area contributed by atoms with Crippen LogP contribution in [0.5, 0.6) is 5.75 Å². The molecule has 0 saturated carbocycles. The number of halogens is 1. The van der Waals surface area contributed by atoms with Crippen LogP contribution in [-0.4, -0.2) is 160 Å². The molecule has 1 aromatic carbocycles. The van der Waals surface area contributed by atoms with E-state index < -0.39 is 23.9 Å². The summed E-state index contributed by atoms with van der Waals surface area (Å²) in [4.78, 5) is 57.4. The Morgan fingerprint density at radius 3 is 2.10 bits per heavy atom. The number of piperidine rings is 1. The van der Waals surface area contributed by atoms with Crippen LogP contribution in [0, 0.1) is 0 Å². The van der Waals surface area contributed by atoms with Crippen LogP contribution in [-0.2, 0) is 20.8 Å². The normalized spacial score (nSPS) is 16.0. The smallest absolute Gasteiger partial charge is 0.410 e. The van der Waals surface area contributed by atoms with Gasteiger partial charge in [0.05, 0.1) is 12.4 Å². The van der Waals surface area contributed by atoms with Gasteiger partial charge in [0, 0.05) is 95.3 Å². The predicted molar refractivity (Wildman–Crippen MR) is 311 cm³/mol. The number of rotatable bonds is 20. The molecule has 4 aromatic heterocycles. The fourth-order valence-corrected chi connectivity index (χ4v) is 9.09. The lowest BCUT2D eigenvalue weighted by atomic mass is 10.0. The van der Waals surface area contributed by atoms with E-state index in [1.54, 1.807) is 57.8 Å². The van der Waals surface area contributed by atoms with E-state index in [1.807, 2.05) is 43.6 Å². The molecule has 0 radical (unpaired) electrons. The molecule has 1 aliphatic carbocycles. The van der Waals surface area contributed by atoms with Gasteiger partial charge in [0.1, 0.15) is 17.5 Å². The number of anilines is 4. The molecule has 3 amide bonds. The molecular weight excluding hydrogens is 1050 g/mol. The molecule has 3 aliphatic rings. The zero-order chi connectivity index (χ0) is 57.8. The average molecular weight is 1130 g/mol. The number of likely N-dealkylation sites (tertiary alicyclic amines) is 1. The zero-order valence-electron chi connectivity index (χ0n) is 48.0. The molecule has 24 heteroatoms. The number of aromatic nitrogens is 8. The molecular formula is C56H84ClN15O8. The highest BCUT2D eigenvalue weighted by Crippen LogP contribution is 2.26. The molecule has 23 nitrogen and oxygen atoms in total. The average Bonchev–Trinajstić information content (AvgIpc) is 4.17. The molecule has 2 fully saturated rings. The minimum Gasteiger partial charge on any atom is -0.508 e. The number of amides is 3. The van der Waals surface area contributed by atoms with Crippen molar-refractivity contribution in [1.29, 1.82) is 0 Å². The highest BCUT2D eigenvalue weighted by molar-refractivity contribution is 6.62. The van der Waals surface area contributed by atoms with Crippen LogP contribution < -0.4 is 26.6 Å². The van der Waals surface area contributed by atoms with Crippen molar-refractivity contribution in [2.75, 3.05) is 80.4 Å². The molecule has 8 rings (SSSR count). The molecule has 2 saturated heterocycles. The molecule has 0 spiro atoms. The first-order valence-corrected chi connectivity index (χ1v) is 28.4. The topological polar surface area (TPSA) is 272 Å². The Labute approximate surface area is 474 Å². The first-order valence-electron chi connectivity index (χ1n) is 28.1. The molecule has 5 aromatic rings. The number of aliphatic hydroxyl groups excluding tert-OH is 1. The summed E-state index contributed by atoms with van der Waals surface area (Å²) >= 11 is 5.24. The van der Waals surface area contributed by atoms with Crippen molar-refractivity contribution in [1.82, 2.24) is 54.3 Å². The molecule has 80 heavy (non-hydrogen) atoms. The Morgan fingerprint density at radius 2 is 1.52 bits per heavy atom. The summed E-state index contributed by atoms with van der Waals surface area (Å²) in [6.45, 7) is 23.0. The number of hydrogen-bond acceptors (Lipinski definition) is 18. The van der Waals surface area contributed by atoms with Crippen molar-refractivity contribution >= 4 is 64.2 Å². The maximum Gasteiger partial charge on any atom is 0.410 e. The Morgan fingerprint density at radius 1 is 0.887 bits per heavy atom. The number of benzene rings is 1. The largest absolute Gasteiger partial charge is 0.508 e. The summed E-state index contributed by atoms with van der Waals surface area (Å²) in [5.74, 6) is 2.99. The van der Waals surface area contributed by atoms with Crippen molar-refractivity contribution in [2.45, 2.75) is 156 Å². The van der Waals surface area contributed by atoms with E-state index in [1.165, 1.54) is 6.42 Å². The van der Waals surface area contributed by atoms with Crippen molar-refractivity contribution in [3.8, 4) is 5.75 Å². The molecule has 2 aliphatic heterocycles. The summed E-state index contributed by atoms with van der Waals surface area (Å²) in [7, 11) is 0. The first kappa shape index (κ1) is 62.2. The summed E-state index contributed by atoms with van der Waals surface area (Å²) in [5.41, 5.74) is 5.02. The number of carbonyl (C=O) groups excluding carboxylic acids is 3. The van der Waals surface area contributed by atoms with Gasteiger partial charge in [0.2, 0.25) is 23.8 Å². The van der Waals surface area contributed by atoms with Crippen LogP contribution in [0.25, 0.3) is 11.3 Å². The fraction of sp³-hybridized carbons (Fsp3) is 0.589. The summed E-state index contributed by atoms with van der Waals surface area (Å²) in [6, 6.07) is 7.44. The van der Waals surface area contributed by atoms with Gasteiger partial charge in [0.25, 0.3) is 0 Å². The second-order valence-electron chi connectivity index (χ2n) is 21.5. The van der Waals surface area contributed by atoms with Gasteiger partial charge in [-0.2, -0.15) is 39.2 Å². The number of ether oxygens (including phenoxy) is 3. The number of carbonyl (C=O) groups is 3. The predicted octanol–water partition coefficient (Wildman–Crippen LogP) is 9.46. The van der Waals surface area contributed by atoms with E-state index >= 15 is 0 Å². The van der Waals surface area contributed by atoms with Gasteiger partial charge < -0.3 is 60.8 Å². The van der Waals surface area contributed by atoms with Crippen molar-refractivity contribution in [3.05, 3.63) is 77.2 Å². The minimum absolute atomic E-state index is 0.0943. The van der Waals surface area contributed by atoms with E-state index in [4.69, 9.17) is 35.8 Å². The van der Waals surface area contributed by atoms with Crippen LogP contribution in [0.15, 0.2) is 60.5 Å². The molecule has 6 heterocycles. The standard InChI is InChI=1S/C30H46N8O5.C20H28N6O2.C6H10ClNO/c1-7-37(14-13-31-28(39)43-30(4,5)6)29(40)42-23-10-8-9-21(17-23)18-32-27-36-26(34-22-11-15-41-16-12-22)35-25-24(20(2)3)19-33-38(25)27;1-4-15(8-9-27)23-19-24-18-17(13(2)3)12-22-26(18)20(25-19)21-11-14-6-5-7-16(28)10-14;7-6(9)8-4-2-1-3-5-8/h8-10,19-20,22-23H,7,11-18H2,1-6H3,(H,31,39)(H2,32,34,35,36);5-7,10,12-13,15,27-28H,4,8-9,11H2,1-3H3,(H2,21,23,24,25);1-5H2. The minimum atomic E-state index is -0.584. The number of likely N-dealkylation sites (N-methyl/N-ethyl adjacent to an activating group) is 1. The lowest BCUT2D eigenvalue weighted by molar-refractivity contribution is 0.0510.